The highest BCUT2D eigenvalue weighted by molar-refractivity contribution is 6.05. The van der Waals surface area contributed by atoms with Gasteiger partial charge >= 0.3 is 12.1 Å². The first-order chi connectivity index (χ1) is 21.8. The summed E-state index contributed by atoms with van der Waals surface area (Å²) in [5.74, 6) is -2.14. The number of ether oxygens (including phenoxy) is 5. The molecule has 0 spiro atoms. The standard InChI is InChI=1S/C33H47N3O10/c1-18-14-22-28(39)23(17-24(37)31(22)44-7)36-32(40)19(2)10-8-11-25(42-5)29(46-33(35)41)20(3)16-21(4)30(26(15-18)43-6)45-27(38)12-9-13-34/h8,10-11,14,16-17,21,25-26,29-30,37,39H,9,12-13,15,34H2,1-7H3,(H2,35,41)(H,36,40)/b11-8-,18-14-,19-10+,20-16+/t21-,25-,26-,29-,30+/m0/s1. The van der Waals surface area contributed by atoms with Crippen LogP contribution in [0, 0.1) is 5.92 Å². The van der Waals surface area contributed by atoms with Crippen molar-refractivity contribution in [1.82, 2.24) is 0 Å². The van der Waals surface area contributed by atoms with E-state index in [4.69, 9.17) is 35.2 Å². The van der Waals surface area contributed by atoms with Gasteiger partial charge in [0, 0.05) is 38.2 Å². The molecule has 13 nitrogen and oxygen atoms in total. The average molecular weight is 646 g/mol. The first-order valence-electron chi connectivity index (χ1n) is 14.8. The highest BCUT2D eigenvalue weighted by Gasteiger charge is 2.32. The van der Waals surface area contributed by atoms with Gasteiger partial charge in [-0.15, -0.1) is 0 Å². The van der Waals surface area contributed by atoms with Gasteiger partial charge in [0.2, 0.25) is 0 Å². The molecule has 0 saturated heterocycles. The number of fused-ring (bicyclic) bond motifs is 2. The lowest BCUT2D eigenvalue weighted by molar-refractivity contribution is -0.159. The second kappa shape index (κ2) is 18.0. The molecular weight excluding hydrogens is 598 g/mol. The SMILES string of the molecule is COc1c(O)cc2c(O)c1/C=C(/C)C[C@H](OC)[C@H](OC(=O)CCCN)[C@@H](C)/C=C(\C)[C@H](OC(N)=O)[C@@H](OC)/C=C\C=C(/C)C(=O)N2. The predicted molar refractivity (Wildman–Crippen MR) is 173 cm³/mol. The first kappa shape index (κ1) is 37.9. The molecule has 7 N–H and O–H groups in total. The summed E-state index contributed by atoms with van der Waals surface area (Å²) >= 11 is 0. The number of phenols is 2. The van der Waals surface area contributed by atoms with E-state index in [-0.39, 0.29) is 46.9 Å². The maximum Gasteiger partial charge on any atom is 0.405 e. The number of hydrogen-bond acceptors (Lipinski definition) is 11. The summed E-state index contributed by atoms with van der Waals surface area (Å²) in [4.78, 5) is 37.8. The van der Waals surface area contributed by atoms with E-state index in [0.29, 0.717) is 24.1 Å². The van der Waals surface area contributed by atoms with E-state index in [0.717, 1.165) is 0 Å². The van der Waals surface area contributed by atoms with Gasteiger partial charge in [0.05, 0.1) is 24.5 Å². The quantitative estimate of drug-likeness (QED) is 0.118. The minimum Gasteiger partial charge on any atom is -0.505 e. The van der Waals surface area contributed by atoms with E-state index >= 15 is 0 Å². The van der Waals surface area contributed by atoms with Crippen molar-refractivity contribution in [2.24, 2.45) is 17.4 Å². The Bertz CT molecular complexity index is 1370. The van der Waals surface area contributed by atoms with Gasteiger partial charge in [-0.25, -0.2) is 4.79 Å². The van der Waals surface area contributed by atoms with Crippen LogP contribution in [0.4, 0.5) is 10.5 Å². The van der Waals surface area contributed by atoms with Crippen LogP contribution >= 0.6 is 0 Å². The summed E-state index contributed by atoms with van der Waals surface area (Å²) < 4.78 is 28.2. The fourth-order valence-electron chi connectivity index (χ4n) is 5.10. The van der Waals surface area contributed by atoms with Gasteiger partial charge in [0.15, 0.2) is 17.6 Å². The van der Waals surface area contributed by atoms with Crippen molar-refractivity contribution in [3.8, 4) is 17.2 Å². The number of nitrogens with two attached hydrogens (primary N) is 2. The normalized spacial score (nSPS) is 27.1. The molecule has 2 bridgehead atoms. The average Bonchev–Trinajstić information content (AvgIpc) is 3.00. The highest BCUT2D eigenvalue weighted by Crippen LogP contribution is 2.43. The number of allylic oxidation sites excluding steroid dienone is 2. The topological polar surface area (TPSA) is 202 Å². The molecule has 0 radical (unpaired) electrons. The molecule has 1 aromatic carbocycles. The minimum atomic E-state index is -1.02. The third-order valence-electron chi connectivity index (χ3n) is 7.47. The van der Waals surface area contributed by atoms with Crippen LogP contribution in [0.15, 0.2) is 47.1 Å². The number of amides is 2. The number of aromatic hydroxyl groups is 2. The number of nitrogens with one attached hydrogen (secondary N) is 1. The fourth-order valence-corrected chi connectivity index (χ4v) is 5.10. The largest absolute Gasteiger partial charge is 0.505 e. The molecule has 13 heteroatoms. The number of anilines is 1. The van der Waals surface area contributed by atoms with Crippen molar-refractivity contribution in [1.29, 1.82) is 0 Å². The number of carbonyl (C=O) groups is 3. The van der Waals surface area contributed by atoms with Crippen LogP contribution in [0.1, 0.15) is 52.5 Å². The van der Waals surface area contributed by atoms with Gasteiger partial charge in [0.1, 0.15) is 18.0 Å². The molecule has 5 atom stereocenters. The van der Waals surface area contributed by atoms with E-state index in [1.807, 2.05) is 6.92 Å². The van der Waals surface area contributed by atoms with Crippen LogP contribution in [-0.2, 0) is 28.5 Å². The summed E-state index contributed by atoms with van der Waals surface area (Å²) in [5.41, 5.74) is 12.6. The molecule has 254 valence electrons. The second-order valence-corrected chi connectivity index (χ2v) is 11.1. The van der Waals surface area contributed by atoms with E-state index < -0.39 is 48.3 Å². The summed E-state index contributed by atoms with van der Waals surface area (Å²) in [6.45, 7) is 7.20. The van der Waals surface area contributed by atoms with Crippen molar-refractivity contribution in [3.05, 3.63) is 52.7 Å². The van der Waals surface area contributed by atoms with Crippen molar-refractivity contribution in [3.63, 3.8) is 0 Å². The van der Waals surface area contributed by atoms with Crippen LogP contribution in [0.3, 0.4) is 0 Å². The number of methoxy groups -OCH3 is 3. The summed E-state index contributed by atoms with van der Waals surface area (Å²) in [5, 5.41) is 24.5. The zero-order valence-corrected chi connectivity index (χ0v) is 27.5. The van der Waals surface area contributed by atoms with Gasteiger partial charge < -0.3 is 50.7 Å². The number of benzene rings is 1. The molecule has 1 aliphatic rings. The third-order valence-corrected chi connectivity index (χ3v) is 7.47. The maximum atomic E-state index is 13.0. The Balaban J connectivity index is 2.81. The Morgan fingerprint density at radius 1 is 1.09 bits per heavy atom. The van der Waals surface area contributed by atoms with Crippen LogP contribution in [0.25, 0.3) is 6.08 Å². The van der Waals surface area contributed by atoms with Gasteiger partial charge in [-0.05, 0) is 51.8 Å². The Morgan fingerprint density at radius 2 is 1.78 bits per heavy atom. The zero-order chi connectivity index (χ0) is 34.6. The van der Waals surface area contributed by atoms with Gasteiger partial charge in [0.25, 0.3) is 5.91 Å². The molecule has 1 heterocycles. The Hall–Kier alpha value is -4.33. The molecule has 1 aliphatic heterocycles. The van der Waals surface area contributed by atoms with Gasteiger partial charge in [-0.1, -0.05) is 36.8 Å². The van der Waals surface area contributed by atoms with Crippen molar-refractivity contribution in [2.45, 2.75) is 71.4 Å². The lowest BCUT2D eigenvalue weighted by Gasteiger charge is -2.31. The second-order valence-electron chi connectivity index (χ2n) is 11.1. The van der Waals surface area contributed by atoms with Crippen molar-refractivity contribution < 1.29 is 48.3 Å². The molecule has 0 fully saturated rings. The van der Waals surface area contributed by atoms with Crippen molar-refractivity contribution in [2.75, 3.05) is 33.2 Å². The monoisotopic (exact) mass is 645 g/mol. The maximum absolute atomic E-state index is 13.0. The fraction of sp³-hybridized carbons (Fsp3) is 0.485. The molecule has 2 amide bonds. The first-order valence-corrected chi connectivity index (χ1v) is 14.8. The van der Waals surface area contributed by atoms with E-state index in [1.165, 1.54) is 33.5 Å². The van der Waals surface area contributed by atoms with Crippen LogP contribution in [-0.4, -0.2) is 80.5 Å². The molecule has 46 heavy (non-hydrogen) atoms. The lowest BCUT2D eigenvalue weighted by Crippen LogP contribution is -2.39. The van der Waals surface area contributed by atoms with Gasteiger partial charge in [-0.3, -0.25) is 9.59 Å². The number of phenolic OH excluding ortho intramolecular Hbond substituents is 2. The molecule has 0 saturated carbocycles. The highest BCUT2D eigenvalue weighted by atomic mass is 16.6. The lowest BCUT2D eigenvalue weighted by atomic mass is 9.91. The third kappa shape index (κ3) is 10.4. The smallest absolute Gasteiger partial charge is 0.405 e. The number of rotatable bonds is 8. The molecule has 0 aliphatic carbocycles. The Morgan fingerprint density at radius 3 is 2.37 bits per heavy atom. The molecule has 2 rings (SSSR count). The van der Waals surface area contributed by atoms with E-state index in [9.17, 15) is 24.6 Å². The molecule has 0 aromatic heterocycles. The van der Waals surface area contributed by atoms with Crippen molar-refractivity contribution >= 4 is 29.7 Å². The zero-order valence-electron chi connectivity index (χ0n) is 27.5. The predicted octanol–water partition coefficient (Wildman–Crippen LogP) is 4.08. The molecule has 0 unspecified atom stereocenters. The molecular formula is C33H47N3O10. The molecule has 1 aromatic rings. The summed E-state index contributed by atoms with van der Waals surface area (Å²) in [6.07, 6.45) is 4.48. The Labute approximate surface area is 269 Å². The van der Waals surface area contributed by atoms with Gasteiger partial charge in [-0.2, -0.15) is 0 Å². The van der Waals surface area contributed by atoms with E-state index in [2.05, 4.69) is 5.32 Å². The minimum absolute atomic E-state index is 0.00677. The number of esters is 1. The summed E-state index contributed by atoms with van der Waals surface area (Å²) in [7, 11) is 4.25. The number of hydrogen-bond donors (Lipinski definition) is 5. The van der Waals surface area contributed by atoms with Crippen LogP contribution < -0.4 is 21.5 Å². The van der Waals surface area contributed by atoms with E-state index in [1.54, 1.807) is 45.1 Å². The Kier molecular flexibility index (Phi) is 14.8. The number of carbonyl (C=O) groups excluding carboxylic acids is 3. The van der Waals surface area contributed by atoms with Crippen LogP contribution in [0.5, 0.6) is 17.2 Å². The number of primary amides is 1. The summed E-state index contributed by atoms with van der Waals surface area (Å²) in [6, 6.07) is 1.18. The van der Waals surface area contributed by atoms with Crippen LogP contribution in [0.2, 0.25) is 0 Å².